The fraction of sp³-hybridized carbons (Fsp3) is 0. The van der Waals surface area contributed by atoms with Crippen molar-refractivity contribution in [2.24, 2.45) is 0 Å². The van der Waals surface area contributed by atoms with Crippen molar-refractivity contribution in [3.63, 3.8) is 0 Å². The van der Waals surface area contributed by atoms with E-state index in [1.165, 1.54) is 6.08 Å². The molecular formula is C16H9Cl2NO2. The number of halogens is 2. The lowest BCUT2D eigenvalue weighted by atomic mass is 10.2. The molecule has 21 heavy (non-hydrogen) atoms. The van der Waals surface area contributed by atoms with Gasteiger partial charge in [-0.25, -0.2) is 4.79 Å². The van der Waals surface area contributed by atoms with E-state index in [4.69, 9.17) is 33.2 Å². The first-order valence-corrected chi connectivity index (χ1v) is 6.69. The normalized spacial score (nSPS) is 10.3. The van der Waals surface area contributed by atoms with Crippen molar-refractivity contribution < 1.29 is 9.53 Å². The van der Waals surface area contributed by atoms with Crippen LogP contribution in [0, 0.1) is 11.3 Å². The van der Waals surface area contributed by atoms with Gasteiger partial charge in [0.25, 0.3) is 0 Å². The fourth-order valence-electron chi connectivity index (χ4n) is 1.54. The zero-order valence-electron chi connectivity index (χ0n) is 10.7. The predicted octanol–water partition coefficient (Wildman–Crippen LogP) is 4.48. The van der Waals surface area contributed by atoms with E-state index in [0.717, 1.165) is 0 Å². The van der Waals surface area contributed by atoms with Crippen LogP contribution >= 0.6 is 23.2 Å². The molecule has 0 aliphatic heterocycles. The van der Waals surface area contributed by atoms with Gasteiger partial charge < -0.3 is 4.74 Å². The number of hydrogen-bond acceptors (Lipinski definition) is 3. The maximum Gasteiger partial charge on any atom is 0.336 e. The molecule has 0 atom stereocenters. The Morgan fingerprint density at radius 3 is 2.48 bits per heavy atom. The molecule has 0 unspecified atom stereocenters. The molecule has 2 aromatic carbocycles. The third-order valence-corrected chi connectivity index (χ3v) is 3.13. The lowest BCUT2D eigenvalue weighted by Crippen LogP contribution is -2.03. The van der Waals surface area contributed by atoms with E-state index < -0.39 is 5.97 Å². The third-order valence-electron chi connectivity index (χ3n) is 2.56. The molecule has 0 fully saturated rings. The van der Waals surface area contributed by atoms with E-state index in [0.29, 0.717) is 26.9 Å². The first-order chi connectivity index (χ1) is 10.1. The van der Waals surface area contributed by atoms with E-state index in [-0.39, 0.29) is 0 Å². The molecule has 0 spiro atoms. The molecule has 0 radical (unpaired) electrons. The average Bonchev–Trinajstić information content (AvgIpc) is 2.47. The van der Waals surface area contributed by atoms with E-state index in [9.17, 15) is 4.79 Å². The molecule has 0 bridgehead atoms. The van der Waals surface area contributed by atoms with Crippen LogP contribution in [0.3, 0.4) is 0 Å². The van der Waals surface area contributed by atoms with Gasteiger partial charge in [0.2, 0.25) is 0 Å². The summed E-state index contributed by atoms with van der Waals surface area (Å²) < 4.78 is 5.09. The van der Waals surface area contributed by atoms with Crippen molar-refractivity contribution >= 4 is 35.2 Å². The van der Waals surface area contributed by atoms with Crippen LogP contribution in [-0.2, 0) is 4.79 Å². The van der Waals surface area contributed by atoms with Crippen LogP contribution in [0.5, 0.6) is 5.75 Å². The number of nitriles is 1. The summed E-state index contributed by atoms with van der Waals surface area (Å²) >= 11 is 11.8. The molecule has 0 aliphatic rings. The van der Waals surface area contributed by atoms with Gasteiger partial charge in [0, 0.05) is 16.1 Å². The molecule has 3 nitrogen and oxygen atoms in total. The Balaban J connectivity index is 2.03. The maximum absolute atomic E-state index is 11.7. The minimum absolute atomic E-state index is 0.367. The Kier molecular flexibility index (Phi) is 4.99. The quantitative estimate of drug-likeness (QED) is 0.476. The molecule has 0 saturated carbocycles. The summed E-state index contributed by atoms with van der Waals surface area (Å²) in [5.74, 6) is -0.170. The van der Waals surface area contributed by atoms with E-state index in [1.807, 2.05) is 6.07 Å². The maximum atomic E-state index is 11.7. The second-order valence-electron chi connectivity index (χ2n) is 4.06. The number of rotatable bonds is 3. The number of benzene rings is 2. The summed E-state index contributed by atoms with van der Waals surface area (Å²) in [5, 5.41) is 9.65. The molecular weight excluding hydrogens is 309 g/mol. The Hall–Kier alpha value is -2.28. The van der Waals surface area contributed by atoms with Crippen LogP contribution in [0.2, 0.25) is 10.0 Å². The molecule has 0 saturated heterocycles. The minimum atomic E-state index is -0.536. The zero-order valence-corrected chi connectivity index (χ0v) is 12.2. The smallest absolute Gasteiger partial charge is 0.336 e. The number of esters is 1. The highest BCUT2D eigenvalue weighted by molar-refractivity contribution is 6.35. The number of hydrogen-bond donors (Lipinski definition) is 0. The molecule has 104 valence electrons. The summed E-state index contributed by atoms with van der Waals surface area (Å²) in [7, 11) is 0. The van der Waals surface area contributed by atoms with Crippen LogP contribution in [0.25, 0.3) is 6.08 Å². The molecule has 0 N–H and O–H groups in total. The third kappa shape index (κ3) is 4.35. The number of ether oxygens (including phenoxy) is 1. The number of carbonyl (C=O) groups excluding carboxylic acids is 1. The second-order valence-corrected chi connectivity index (χ2v) is 4.90. The second kappa shape index (κ2) is 6.94. The summed E-state index contributed by atoms with van der Waals surface area (Å²) in [6, 6.07) is 13.2. The van der Waals surface area contributed by atoms with Gasteiger partial charge in [-0.3, -0.25) is 0 Å². The fourth-order valence-corrected chi connectivity index (χ4v) is 2.01. The predicted molar refractivity (Wildman–Crippen MR) is 82.3 cm³/mol. The first-order valence-electron chi connectivity index (χ1n) is 5.93. The zero-order chi connectivity index (χ0) is 15.2. The summed E-state index contributed by atoms with van der Waals surface area (Å²) in [4.78, 5) is 11.7. The SMILES string of the molecule is N#Cc1ccc(OC(=O)C=Cc2ccc(Cl)cc2Cl)cc1. The monoisotopic (exact) mass is 317 g/mol. The molecule has 5 heteroatoms. The average molecular weight is 318 g/mol. The van der Waals surface area contributed by atoms with Crippen molar-refractivity contribution in [2.45, 2.75) is 0 Å². The van der Waals surface area contributed by atoms with Crippen molar-refractivity contribution in [1.29, 1.82) is 5.26 Å². The van der Waals surface area contributed by atoms with Crippen LogP contribution in [0.15, 0.2) is 48.5 Å². The molecule has 2 aromatic rings. The molecule has 0 aromatic heterocycles. The lowest BCUT2D eigenvalue weighted by Gasteiger charge is -2.01. The van der Waals surface area contributed by atoms with Gasteiger partial charge in [-0.1, -0.05) is 29.3 Å². The molecule has 0 heterocycles. The van der Waals surface area contributed by atoms with Crippen molar-refractivity contribution in [3.05, 3.63) is 69.7 Å². The Bertz CT molecular complexity index is 731. The Labute approximate surface area is 132 Å². The number of nitrogens with zero attached hydrogens (tertiary/aromatic N) is 1. The molecule has 2 rings (SSSR count). The highest BCUT2D eigenvalue weighted by atomic mass is 35.5. The Morgan fingerprint density at radius 2 is 1.86 bits per heavy atom. The van der Waals surface area contributed by atoms with Crippen LogP contribution in [-0.4, -0.2) is 5.97 Å². The van der Waals surface area contributed by atoms with E-state index >= 15 is 0 Å². The van der Waals surface area contributed by atoms with Crippen molar-refractivity contribution in [3.8, 4) is 11.8 Å². The highest BCUT2D eigenvalue weighted by Crippen LogP contribution is 2.22. The lowest BCUT2D eigenvalue weighted by molar-refractivity contribution is -0.128. The van der Waals surface area contributed by atoms with Crippen LogP contribution in [0.4, 0.5) is 0 Å². The van der Waals surface area contributed by atoms with E-state index in [2.05, 4.69) is 0 Å². The minimum Gasteiger partial charge on any atom is -0.423 e. The van der Waals surface area contributed by atoms with Gasteiger partial charge in [-0.2, -0.15) is 5.26 Å². The van der Waals surface area contributed by atoms with Crippen molar-refractivity contribution in [1.82, 2.24) is 0 Å². The standard InChI is InChI=1S/C16H9Cl2NO2/c17-13-5-3-12(15(18)9-13)4-8-16(20)21-14-6-1-11(10-19)2-7-14/h1-9H. The van der Waals surface area contributed by atoms with E-state index in [1.54, 1.807) is 48.5 Å². The van der Waals surface area contributed by atoms with Crippen LogP contribution < -0.4 is 4.74 Å². The molecule has 0 aliphatic carbocycles. The van der Waals surface area contributed by atoms with Crippen LogP contribution in [0.1, 0.15) is 11.1 Å². The van der Waals surface area contributed by atoms with Gasteiger partial charge in [-0.15, -0.1) is 0 Å². The van der Waals surface area contributed by atoms with Gasteiger partial charge in [0.15, 0.2) is 0 Å². The van der Waals surface area contributed by atoms with Gasteiger partial charge in [0.1, 0.15) is 5.75 Å². The summed E-state index contributed by atoms with van der Waals surface area (Å²) in [6.07, 6.45) is 2.82. The van der Waals surface area contributed by atoms with Gasteiger partial charge in [0.05, 0.1) is 11.6 Å². The first kappa shape index (κ1) is 15.1. The summed E-state index contributed by atoms with van der Waals surface area (Å²) in [5.41, 5.74) is 1.16. The van der Waals surface area contributed by atoms with Gasteiger partial charge in [-0.05, 0) is 48.0 Å². The van der Waals surface area contributed by atoms with Crippen molar-refractivity contribution in [2.75, 3.05) is 0 Å². The summed E-state index contributed by atoms with van der Waals surface area (Å²) in [6.45, 7) is 0. The number of carbonyl (C=O) groups is 1. The molecule has 0 amide bonds. The highest BCUT2D eigenvalue weighted by Gasteiger charge is 2.02. The largest absolute Gasteiger partial charge is 0.423 e. The topological polar surface area (TPSA) is 50.1 Å². The van der Waals surface area contributed by atoms with Gasteiger partial charge >= 0.3 is 5.97 Å². The Morgan fingerprint density at radius 1 is 1.14 bits per heavy atom.